The maximum absolute atomic E-state index is 13.7. The average molecular weight is 607 g/mol. The molecule has 1 aliphatic heterocycles. The number of nitrogens with zero attached hydrogens (tertiary/aromatic N) is 2. The van der Waals surface area contributed by atoms with Gasteiger partial charge in [0.15, 0.2) is 0 Å². The highest BCUT2D eigenvalue weighted by Gasteiger charge is 2.31. The summed E-state index contributed by atoms with van der Waals surface area (Å²) in [5.74, 6) is 2.23. The van der Waals surface area contributed by atoms with Gasteiger partial charge in [-0.1, -0.05) is 49.6 Å². The first-order valence-corrected chi connectivity index (χ1v) is 17.6. The zero-order valence-electron chi connectivity index (χ0n) is 25.4. The number of amides is 3. The lowest BCUT2D eigenvalue weighted by atomic mass is 9.91. The number of likely N-dealkylation sites (tertiary alicyclic amines) is 1. The maximum atomic E-state index is 13.7. The van der Waals surface area contributed by atoms with Crippen molar-refractivity contribution in [2.75, 3.05) is 43.3 Å². The third-order valence-corrected chi connectivity index (χ3v) is 9.36. The summed E-state index contributed by atoms with van der Waals surface area (Å²) < 4.78 is 5.50. The zero-order valence-corrected chi connectivity index (χ0v) is 27.0. The Morgan fingerprint density at radius 3 is 2.37 bits per heavy atom. The van der Waals surface area contributed by atoms with E-state index in [-0.39, 0.29) is 18.4 Å². The lowest BCUT2D eigenvalue weighted by Crippen LogP contribution is -2.55. The van der Waals surface area contributed by atoms with Crippen LogP contribution in [0.4, 0.5) is 4.79 Å². The number of benzene rings is 1. The predicted molar refractivity (Wildman–Crippen MR) is 170 cm³/mol. The molecule has 0 spiro atoms. The van der Waals surface area contributed by atoms with E-state index in [4.69, 9.17) is 4.74 Å². The lowest BCUT2D eigenvalue weighted by molar-refractivity contribution is -0.136. The molecular weight excluding hydrogens is 556 g/mol. The Balaban J connectivity index is 1.56. The molecule has 3 rings (SSSR count). The van der Waals surface area contributed by atoms with E-state index in [9.17, 15) is 14.4 Å². The van der Waals surface area contributed by atoms with Gasteiger partial charge in [0.25, 0.3) is 0 Å². The number of carbonyl (C=O) groups excluding carboxylic acids is 3. The molecule has 2 aliphatic rings. The number of piperidine rings is 1. The Kier molecular flexibility index (Phi) is 14.1. The van der Waals surface area contributed by atoms with E-state index < -0.39 is 17.7 Å². The van der Waals surface area contributed by atoms with Crippen LogP contribution < -0.4 is 10.6 Å². The van der Waals surface area contributed by atoms with Crippen LogP contribution in [0.3, 0.4) is 0 Å². The standard InChI is InChI=1S/C31H50N4O4S2/c1-31(2,3)39-30(38)35(23-40-4)20-28(36)33-27(22-41-21-25-13-9-6-10-14-25)29(37)34-17-15-26(16-18-34)32-19-24-11-7-5-8-12-24/h5,7-8,11-12,25-27,32H,6,9-10,13-23H2,1-4H3,(H,33,36). The van der Waals surface area contributed by atoms with E-state index in [1.54, 1.807) is 32.5 Å². The third kappa shape index (κ3) is 12.5. The molecule has 1 aromatic rings. The summed E-state index contributed by atoms with van der Waals surface area (Å²) in [6.45, 7) is 7.43. The monoisotopic (exact) mass is 606 g/mol. The molecule has 0 radical (unpaired) electrons. The first-order chi connectivity index (χ1) is 19.6. The summed E-state index contributed by atoms with van der Waals surface area (Å²) in [5.41, 5.74) is 0.603. The number of nitrogens with one attached hydrogen (secondary N) is 2. The van der Waals surface area contributed by atoms with Gasteiger partial charge < -0.3 is 20.3 Å². The molecule has 230 valence electrons. The van der Waals surface area contributed by atoms with Crippen molar-refractivity contribution < 1.29 is 19.1 Å². The highest BCUT2D eigenvalue weighted by atomic mass is 32.2. The number of ether oxygens (including phenoxy) is 1. The van der Waals surface area contributed by atoms with Gasteiger partial charge in [0.05, 0.1) is 5.88 Å². The van der Waals surface area contributed by atoms with Gasteiger partial charge in [-0.05, 0) is 69.9 Å². The first kappa shape index (κ1) is 33.6. The minimum atomic E-state index is -0.652. The maximum Gasteiger partial charge on any atom is 0.411 e. The predicted octanol–water partition coefficient (Wildman–Crippen LogP) is 5.12. The van der Waals surface area contributed by atoms with Crippen molar-refractivity contribution in [1.82, 2.24) is 20.4 Å². The van der Waals surface area contributed by atoms with Crippen LogP contribution >= 0.6 is 23.5 Å². The second kappa shape index (κ2) is 17.3. The number of hydrogen-bond acceptors (Lipinski definition) is 7. The second-order valence-electron chi connectivity index (χ2n) is 12.2. The fourth-order valence-corrected chi connectivity index (χ4v) is 7.09. The molecule has 0 aromatic heterocycles. The molecule has 1 atom stereocenters. The molecule has 10 heteroatoms. The molecular formula is C31H50N4O4S2. The van der Waals surface area contributed by atoms with Crippen molar-refractivity contribution in [3.63, 3.8) is 0 Å². The van der Waals surface area contributed by atoms with Crippen molar-refractivity contribution in [3.05, 3.63) is 35.9 Å². The Labute approximate surface area is 255 Å². The minimum absolute atomic E-state index is 0.0234. The van der Waals surface area contributed by atoms with Crippen molar-refractivity contribution in [3.8, 4) is 0 Å². The first-order valence-electron chi connectivity index (χ1n) is 15.0. The molecule has 0 bridgehead atoms. The van der Waals surface area contributed by atoms with Gasteiger partial charge in [-0.25, -0.2) is 4.79 Å². The lowest BCUT2D eigenvalue weighted by Gasteiger charge is -2.35. The SMILES string of the molecule is CSCN(CC(=O)NC(CSCC1CCCCC1)C(=O)N1CCC(NCc2ccccc2)CC1)C(=O)OC(C)(C)C. The van der Waals surface area contributed by atoms with Crippen LogP contribution in [0.1, 0.15) is 71.3 Å². The van der Waals surface area contributed by atoms with Crippen LogP contribution in [0, 0.1) is 5.92 Å². The fourth-order valence-electron chi connectivity index (χ4n) is 5.32. The highest BCUT2D eigenvalue weighted by Crippen LogP contribution is 2.27. The Hall–Kier alpha value is -1.91. The topological polar surface area (TPSA) is 91.0 Å². The Bertz CT molecular complexity index is 945. The van der Waals surface area contributed by atoms with E-state index in [0.717, 1.165) is 25.1 Å². The Morgan fingerprint density at radius 1 is 1.05 bits per heavy atom. The molecule has 1 saturated heterocycles. The number of hydrogen-bond donors (Lipinski definition) is 2. The van der Waals surface area contributed by atoms with Gasteiger partial charge in [-0.2, -0.15) is 11.8 Å². The summed E-state index contributed by atoms with van der Waals surface area (Å²) in [5, 5.41) is 6.62. The van der Waals surface area contributed by atoms with E-state index >= 15 is 0 Å². The smallest absolute Gasteiger partial charge is 0.411 e. The van der Waals surface area contributed by atoms with Crippen molar-refractivity contribution in [2.45, 2.75) is 89.9 Å². The van der Waals surface area contributed by atoms with Crippen LogP contribution in [0.25, 0.3) is 0 Å². The molecule has 1 aromatic carbocycles. The highest BCUT2D eigenvalue weighted by molar-refractivity contribution is 7.99. The molecule has 1 unspecified atom stereocenters. The summed E-state index contributed by atoms with van der Waals surface area (Å²) in [7, 11) is 0. The molecule has 41 heavy (non-hydrogen) atoms. The van der Waals surface area contributed by atoms with Crippen molar-refractivity contribution in [2.24, 2.45) is 5.92 Å². The van der Waals surface area contributed by atoms with Crippen LogP contribution in [0.15, 0.2) is 30.3 Å². The van der Waals surface area contributed by atoms with Gasteiger partial charge in [0.2, 0.25) is 11.8 Å². The largest absolute Gasteiger partial charge is 0.444 e. The van der Waals surface area contributed by atoms with E-state index in [1.807, 2.05) is 29.4 Å². The van der Waals surface area contributed by atoms with Gasteiger partial charge in [0, 0.05) is 31.4 Å². The van der Waals surface area contributed by atoms with E-state index in [1.165, 1.54) is 54.3 Å². The molecule has 2 fully saturated rings. The fraction of sp³-hybridized carbons (Fsp3) is 0.710. The van der Waals surface area contributed by atoms with Gasteiger partial charge >= 0.3 is 6.09 Å². The quantitative estimate of drug-likeness (QED) is 0.301. The summed E-state index contributed by atoms with van der Waals surface area (Å²) in [4.78, 5) is 42.9. The molecule has 1 heterocycles. The molecule has 8 nitrogen and oxygen atoms in total. The number of thioether (sulfide) groups is 2. The third-order valence-electron chi connectivity index (χ3n) is 7.51. The van der Waals surface area contributed by atoms with Crippen LogP contribution in [-0.2, 0) is 20.9 Å². The van der Waals surface area contributed by atoms with Gasteiger partial charge in [0.1, 0.15) is 18.2 Å². The van der Waals surface area contributed by atoms with Crippen molar-refractivity contribution >= 4 is 41.4 Å². The molecule has 2 N–H and O–H groups in total. The summed E-state index contributed by atoms with van der Waals surface area (Å²) in [6, 6.07) is 10.1. The number of rotatable bonds is 13. The normalized spacial score (nSPS) is 17.6. The van der Waals surface area contributed by atoms with Gasteiger partial charge in [-0.3, -0.25) is 14.5 Å². The van der Waals surface area contributed by atoms with E-state index in [2.05, 4.69) is 22.8 Å². The summed E-state index contributed by atoms with van der Waals surface area (Å²) >= 11 is 3.21. The molecule has 1 saturated carbocycles. The summed E-state index contributed by atoms with van der Waals surface area (Å²) in [6.07, 6.45) is 9.51. The minimum Gasteiger partial charge on any atom is -0.444 e. The molecule has 1 aliphatic carbocycles. The zero-order chi connectivity index (χ0) is 29.7. The second-order valence-corrected chi connectivity index (χ2v) is 14.1. The number of carbonyl (C=O) groups is 3. The van der Waals surface area contributed by atoms with Gasteiger partial charge in [-0.15, -0.1) is 11.8 Å². The average Bonchev–Trinajstić information content (AvgIpc) is 2.95. The van der Waals surface area contributed by atoms with Crippen LogP contribution in [0.2, 0.25) is 0 Å². The van der Waals surface area contributed by atoms with Crippen LogP contribution in [0.5, 0.6) is 0 Å². The Morgan fingerprint density at radius 2 is 1.73 bits per heavy atom. The van der Waals surface area contributed by atoms with Crippen molar-refractivity contribution in [1.29, 1.82) is 0 Å². The van der Waals surface area contributed by atoms with Crippen LogP contribution in [-0.4, -0.2) is 88.7 Å². The van der Waals surface area contributed by atoms with E-state index in [0.29, 0.717) is 36.7 Å². The molecule has 3 amide bonds.